The lowest BCUT2D eigenvalue weighted by Crippen LogP contribution is -1.79. The van der Waals surface area contributed by atoms with Crippen molar-refractivity contribution in [1.82, 2.24) is 0 Å². The summed E-state index contributed by atoms with van der Waals surface area (Å²) in [5, 5.41) is 0. The molecule has 1 heteroatoms. The van der Waals surface area contributed by atoms with Gasteiger partial charge in [-0.3, -0.25) is 0 Å². The second kappa shape index (κ2) is 2.62. The third-order valence-electron chi connectivity index (χ3n) is 1.25. The maximum Gasteiger partial charge on any atom is 0.219 e. The summed E-state index contributed by atoms with van der Waals surface area (Å²) >= 11 is 0. The Balaban J connectivity index is 3.01. The van der Waals surface area contributed by atoms with Crippen LogP contribution < -0.4 is 0 Å². The van der Waals surface area contributed by atoms with E-state index >= 15 is 0 Å². The van der Waals surface area contributed by atoms with Crippen molar-refractivity contribution in [3.05, 3.63) is 42.1 Å². The SMILES string of the molecule is Cc1ccccc1[C]F. The Kier molecular flexibility index (Phi) is 1.83. The Morgan fingerprint density at radius 1 is 1.33 bits per heavy atom. The molecule has 0 saturated heterocycles. The highest BCUT2D eigenvalue weighted by molar-refractivity contribution is 5.29. The van der Waals surface area contributed by atoms with Gasteiger partial charge in [0.15, 0.2) is 0 Å². The summed E-state index contributed by atoms with van der Waals surface area (Å²) in [7, 11) is 0. The summed E-state index contributed by atoms with van der Waals surface area (Å²) < 4.78 is 11.7. The van der Waals surface area contributed by atoms with Gasteiger partial charge < -0.3 is 0 Å². The standard InChI is InChI=1S/C8H7F/c1-7-4-2-3-5-8(7)6-9/h2-5H,1H3. The van der Waals surface area contributed by atoms with Crippen LogP contribution >= 0.6 is 0 Å². The van der Waals surface area contributed by atoms with Crippen LogP contribution in [-0.4, -0.2) is 0 Å². The molecular formula is C8H7F. The van der Waals surface area contributed by atoms with E-state index in [9.17, 15) is 4.39 Å². The summed E-state index contributed by atoms with van der Waals surface area (Å²) in [6.45, 7) is 3.44. The van der Waals surface area contributed by atoms with Crippen LogP contribution in [0.25, 0.3) is 0 Å². The Morgan fingerprint density at radius 3 is 2.44 bits per heavy atom. The normalized spacial score (nSPS) is 9.56. The Labute approximate surface area is 54.3 Å². The van der Waals surface area contributed by atoms with E-state index in [2.05, 4.69) is 0 Å². The van der Waals surface area contributed by atoms with Crippen LogP contribution in [0.5, 0.6) is 0 Å². The molecule has 0 spiro atoms. The number of hydrogen-bond donors (Lipinski definition) is 0. The lowest BCUT2D eigenvalue weighted by Gasteiger charge is -1.94. The average Bonchev–Trinajstić information content (AvgIpc) is 1.89. The van der Waals surface area contributed by atoms with E-state index < -0.39 is 0 Å². The number of hydrogen-bond acceptors (Lipinski definition) is 0. The molecular weight excluding hydrogens is 115 g/mol. The predicted octanol–water partition coefficient (Wildman–Crippen LogP) is 2.35. The van der Waals surface area contributed by atoms with E-state index in [4.69, 9.17) is 0 Å². The fourth-order valence-corrected chi connectivity index (χ4v) is 0.679. The molecule has 0 unspecified atom stereocenters. The molecule has 1 rings (SSSR count). The third-order valence-corrected chi connectivity index (χ3v) is 1.25. The minimum Gasteiger partial charge on any atom is -0.230 e. The molecule has 46 valence electrons. The average molecular weight is 122 g/mol. The van der Waals surface area contributed by atoms with Crippen molar-refractivity contribution < 1.29 is 4.39 Å². The monoisotopic (exact) mass is 122 g/mol. The van der Waals surface area contributed by atoms with Gasteiger partial charge in [0.05, 0.1) is 0 Å². The first-order chi connectivity index (χ1) is 4.34. The van der Waals surface area contributed by atoms with Gasteiger partial charge in [0.1, 0.15) is 0 Å². The van der Waals surface area contributed by atoms with E-state index in [1.807, 2.05) is 19.1 Å². The molecule has 0 aliphatic heterocycles. The van der Waals surface area contributed by atoms with Gasteiger partial charge in [-0.2, -0.15) is 0 Å². The lowest BCUT2D eigenvalue weighted by atomic mass is 10.1. The van der Waals surface area contributed by atoms with Gasteiger partial charge >= 0.3 is 0 Å². The van der Waals surface area contributed by atoms with Crippen LogP contribution in [0.2, 0.25) is 0 Å². The van der Waals surface area contributed by atoms with Gasteiger partial charge in [-0.1, -0.05) is 24.3 Å². The first-order valence-corrected chi connectivity index (χ1v) is 2.77. The van der Waals surface area contributed by atoms with Crippen LogP contribution in [0.1, 0.15) is 11.1 Å². The molecule has 0 nitrogen and oxygen atoms in total. The molecule has 1 aromatic rings. The molecule has 0 saturated carbocycles. The minimum absolute atomic E-state index is 0.539. The molecule has 0 heterocycles. The number of rotatable bonds is 1. The molecule has 0 aromatic heterocycles. The molecule has 0 bridgehead atoms. The van der Waals surface area contributed by atoms with Crippen LogP contribution in [0.3, 0.4) is 0 Å². The topological polar surface area (TPSA) is 0 Å². The van der Waals surface area contributed by atoms with E-state index in [1.54, 1.807) is 18.8 Å². The fraction of sp³-hybridized carbons (Fsp3) is 0.125. The highest BCUT2D eigenvalue weighted by Gasteiger charge is 1.94. The highest BCUT2D eigenvalue weighted by atomic mass is 19.1. The largest absolute Gasteiger partial charge is 0.230 e. The summed E-state index contributed by atoms with van der Waals surface area (Å²) in [5.74, 6) is 0. The zero-order chi connectivity index (χ0) is 6.69. The van der Waals surface area contributed by atoms with Gasteiger partial charge in [-0.05, 0) is 18.1 Å². The van der Waals surface area contributed by atoms with Crippen LogP contribution in [0.15, 0.2) is 24.3 Å². The van der Waals surface area contributed by atoms with Crippen molar-refractivity contribution in [2.24, 2.45) is 0 Å². The van der Waals surface area contributed by atoms with Gasteiger partial charge in [-0.25, -0.2) is 4.39 Å². The Morgan fingerprint density at radius 2 is 2.00 bits per heavy atom. The molecule has 0 aliphatic rings. The van der Waals surface area contributed by atoms with Crippen LogP contribution in [-0.2, 0) is 0 Å². The summed E-state index contributed by atoms with van der Waals surface area (Å²) in [4.78, 5) is 0. The molecule has 0 fully saturated rings. The number of aryl methyl sites for hydroxylation is 1. The van der Waals surface area contributed by atoms with Gasteiger partial charge in [0.2, 0.25) is 6.67 Å². The zero-order valence-electron chi connectivity index (χ0n) is 5.19. The summed E-state index contributed by atoms with van der Waals surface area (Å²) in [5.41, 5.74) is 1.46. The van der Waals surface area contributed by atoms with Crippen LogP contribution in [0, 0.1) is 13.6 Å². The Hall–Kier alpha value is -0.850. The second-order valence-electron chi connectivity index (χ2n) is 1.91. The van der Waals surface area contributed by atoms with Crippen molar-refractivity contribution in [3.63, 3.8) is 0 Å². The lowest BCUT2D eigenvalue weighted by molar-refractivity contribution is 0.644. The molecule has 2 radical (unpaired) electrons. The van der Waals surface area contributed by atoms with Gasteiger partial charge in [0, 0.05) is 0 Å². The molecule has 0 aliphatic carbocycles. The number of benzene rings is 1. The third kappa shape index (κ3) is 1.28. The van der Waals surface area contributed by atoms with E-state index in [1.165, 1.54) is 0 Å². The van der Waals surface area contributed by atoms with Crippen molar-refractivity contribution in [3.8, 4) is 0 Å². The highest BCUT2D eigenvalue weighted by Crippen LogP contribution is 2.08. The quantitative estimate of drug-likeness (QED) is 0.536. The maximum atomic E-state index is 11.7. The first kappa shape index (κ1) is 6.27. The summed E-state index contributed by atoms with van der Waals surface area (Å²) in [6.07, 6.45) is 0. The second-order valence-corrected chi connectivity index (χ2v) is 1.91. The molecule has 0 N–H and O–H groups in total. The van der Waals surface area contributed by atoms with Gasteiger partial charge in [-0.15, -0.1) is 0 Å². The fourth-order valence-electron chi connectivity index (χ4n) is 0.679. The molecule has 0 atom stereocenters. The molecule has 0 amide bonds. The van der Waals surface area contributed by atoms with E-state index in [-0.39, 0.29) is 0 Å². The summed E-state index contributed by atoms with van der Waals surface area (Å²) in [6, 6.07) is 7.20. The van der Waals surface area contributed by atoms with Gasteiger partial charge in [0.25, 0.3) is 0 Å². The Bertz CT molecular complexity index is 194. The van der Waals surface area contributed by atoms with E-state index in [0.29, 0.717) is 5.56 Å². The number of halogens is 1. The van der Waals surface area contributed by atoms with Crippen molar-refractivity contribution in [2.45, 2.75) is 6.92 Å². The van der Waals surface area contributed by atoms with Crippen molar-refractivity contribution >= 4 is 0 Å². The van der Waals surface area contributed by atoms with Crippen molar-refractivity contribution in [2.75, 3.05) is 0 Å². The minimum atomic E-state index is 0.539. The smallest absolute Gasteiger partial charge is 0.219 e. The zero-order valence-corrected chi connectivity index (χ0v) is 5.19. The first-order valence-electron chi connectivity index (χ1n) is 2.77. The molecule has 9 heavy (non-hydrogen) atoms. The maximum absolute atomic E-state index is 11.7. The molecule has 1 aromatic carbocycles. The van der Waals surface area contributed by atoms with E-state index in [0.717, 1.165) is 5.56 Å². The van der Waals surface area contributed by atoms with Crippen LogP contribution in [0.4, 0.5) is 4.39 Å². The van der Waals surface area contributed by atoms with Crippen molar-refractivity contribution in [1.29, 1.82) is 0 Å². The predicted molar refractivity (Wildman–Crippen MR) is 34.6 cm³/mol.